The number of hydrogen-bond donors (Lipinski definition) is 2. The highest BCUT2D eigenvalue weighted by Crippen LogP contribution is 2.39. The number of carbonyl (C=O) groups is 2. The van der Waals surface area contributed by atoms with E-state index in [4.69, 9.17) is 30.4 Å². The molecule has 0 bridgehead atoms. The standard InChI is InChI=1S/C26H26N6O6/c1-35-23(33)13-7-17-21-19(9-13)37-11-15(31(21)25(27)29-17)5-3-4-6-16-12-38-20-10-14(24(34)36-2)8-18-22(20)32(16)26(28)30-18/h3-4,7-10,15-16H,5-6,11-12H2,1-2H3,(H2,27,29)(H2,28,30)/b4-3-/t15-,16?/m0/s1. The number of nitrogens with zero attached hydrogens (tertiary/aromatic N) is 4. The first kappa shape index (κ1) is 23.6. The Kier molecular flexibility index (Phi) is 5.59. The minimum absolute atomic E-state index is 0.0576. The lowest BCUT2D eigenvalue weighted by atomic mass is 10.1. The van der Waals surface area contributed by atoms with Crippen LogP contribution in [0.4, 0.5) is 11.9 Å². The monoisotopic (exact) mass is 518 g/mol. The average molecular weight is 519 g/mol. The van der Waals surface area contributed by atoms with E-state index < -0.39 is 11.9 Å². The summed E-state index contributed by atoms with van der Waals surface area (Å²) < 4.78 is 25.5. The molecule has 4 heterocycles. The van der Waals surface area contributed by atoms with Gasteiger partial charge in [-0.1, -0.05) is 12.2 Å². The largest absolute Gasteiger partial charge is 0.489 e. The molecule has 2 atom stereocenters. The van der Waals surface area contributed by atoms with Crippen LogP contribution in [0, 0.1) is 0 Å². The van der Waals surface area contributed by atoms with Crippen molar-refractivity contribution < 1.29 is 28.5 Å². The Morgan fingerprint density at radius 2 is 1.26 bits per heavy atom. The van der Waals surface area contributed by atoms with Crippen LogP contribution in [-0.2, 0) is 9.47 Å². The molecule has 0 aliphatic carbocycles. The summed E-state index contributed by atoms with van der Waals surface area (Å²) in [6.45, 7) is 0.768. The number of imidazole rings is 2. The molecule has 2 aliphatic rings. The Labute approximate surface area is 216 Å². The van der Waals surface area contributed by atoms with E-state index in [0.29, 0.717) is 71.6 Å². The molecule has 38 heavy (non-hydrogen) atoms. The molecule has 6 rings (SSSR count). The van der Waals surface area contributed by atoms with Gasteiger partial charge in [0.2, 0.25) is 11.9 Å². The number of carbonyl (C=O) groups excluding carboxylic acids is 2. The van der Waals surface area contributed by atoms with Gasteiger partial charge in [0.25, 0.3) is 0 Å². The van der Waals surface area contributed by atoms with Crippen LogP contribution in [0.15, 0.2) is 36.4 Å². The summed E-state index contributed by atoms with van der Waals surface area (Å²) in [6.07, 6.45) is 5.48. The van der Waals surface area contributed by atoms with Crippen LogP contribution in [0.2, 0.25) is 0 Å². The SMILES string of the molecule is COC(=O)c1cc2c3c(c1)nc(N)n3C(C/C=C\C[C@H]1COc3cc(C(=O)OC)cc4nc(N)n1c34)CO2. The van der Waals surface area contributed by atoms with Crippen molar-refractivity contribution in [3.8, 4) is 11.5 Å². The molecule has 0 saturated heterocycles. The maximum absolute atomic E-state index is 12.0. The third-order valence-corrected chi connectivity index (χ3v) is 6.97. The van der Waals surface area contributed by atoms with Crippen LogP contribution in [0.3, 0.4) is 0 Å². The van der Waals surface area contributed by atoms with E-state index in [0.717, 1.165) is 11.0 Å². The number of allylic oxidation sites excluding steroid dienone is 2. The molecule has 12 heteroatoms. The van der Waals surface area contributed by atoms with Gasteiger partial charge < -0.3 is 39.5 Å². The number of anilines is 2. The van der Waals surface area contributed by atoms with Gasteiger partial charge in [-0.3, -0.25) is 0 Å². The summed E-state index contributed by atoms with van der Waals surface area (Å²) in [7, 11) is 2.66. The Morgan fingerprint density at radius 3 is 1.66 bits per heavy atom. The van der Waals surface area contributed by atoms with Gasteiger partial charge >= 0.3 is 11.9 Å². The summed E-state index contributed by atoms with van der Waals surface area (Å²) in [5.41, 5.74) is 15.9. The Balaban J connectivity index is 1.21. The van der Waals surface area contributed by atoms with Gasteiger partial charge in [0.05, 0.1) is 48.5 Å². The highest BCUT2D eigenvalue weighted by atomic mass is 16.5. The molecule has 2 aromatic carbocycles. The molecule has 0 amide bonds. The second-order valence-electron chi connectivity index (χ2n) is 9.22. The number of ether oxygens (including phenoxy) is 4. The summed E-state index contributed by atoms with van der Waals surface area (Å²) in [6, 6.07) is 6.51. The first-order valence-electron chi connectivity index (χ1n) is 12.1. The lowest BCUT2D eigenvalue weighted by molar-refractivity contribution is 0.0591. The van der Waals surface area contributed by atoms with Crippen LogP contribution < -0.4 is 20.9 Å². The molecule has 0 spiro atoms. The first-order chi connectivity index (χ1) is 18.4. The quantitative estimate of drug-likeness (QED) is 0.287. The van der Waals surface area contributed by atoms with Gasteiger partial charge in [0.15, 0.2) is 0 Å². The molecule has 4 aromatic rings. The Morgan fingerprint density at radius 1 is 0.842 bits per heavy atom. The highest BCUT2D eigenvalue weighted by molar-refractivity contribution is 5.98. The zero-order valence-corrected chi connectivity index (χ0v) is 20.8. The van der Waals surface area contributed by atoms with Crippen LogP contribution in [0.5, 0.6) is 11.5 Å². The number of esters is 2. The maximum atomic E-state index is 12.0. The van der Waals surface area contributed by atoms with Crippen molar-refractivity contribution in [3.05, 3.63) is 47.5 Å². The third kappa shape index (κ3) is 3.67. The fourth-order valence-corrected chi connectivity index (χ4v) is 5.23. The Hall–Kier alpha value is -4.74. The first-order valence-corrected chi connectivity index (χ1v) is 12.1. The number of nitrogen functional groups attached to an aromatic ring is 2. The lowest BCUT2D eigenvalue weighted by Gasteiger charge is -2.27. The van der Waals surface area contributed by atoms with E-state index in [1.807, 2.05) is 9.13 Å². The molecule has 0 fully saturated rings. The number of nitrogens with two attached hydrogens (primary N) is 2. The van der Waals surface area contributed by atoms with Crippen molar-refractivity contribution in [2.24, 2.45) is 0 Å². The molecule has 12 nitrogen and oxygen atoms in total. The van der Waals surface area contributed by atoms with E-state index in [-0.39, 0.29) is 12.1 Å². The summed E-state index contributed by atoms with van der Waals surface area (Å²) >= 11 is 0. The highest BCUT2D eigenvalue weighted by Gasteiger charge is 2.29. The molecule has 1 unspecified atom stereocenters. The van der Waals surface area contributed by atoms with E-state index in [1.165, 1.54) is 14.2 Å². The van der Waals surface area contributed by atoms with Crippen molar-refractivity contribution in [3.63, 3.8) is 0 Å². The van der Waals surface area contributed by atoms with Crippen LogP contribution in [-0.4, -0.2) is 58.5 Å². The topological polar surface area (TPSA) is 159 Å². The molecule has 0 saturated carbocycles. The predicted molar refractivity (Wildman–Crippen MR) is 138 cm³/mol. The van der Waals surface area contributed by atoms with Gasteiger partial charge in [0, 0.05) is 0 Å². The van der Waals surface area contributed by atoms with E-state index in [1.54, 1.807) is 24.3 Å². The van der Waals surface area contributed by atoms with Gasteiger partial charge in [-0.05, 0) is 37.1 Å². The number of aromatic nitrogens is 4. The summed E-state index contributed by atoms with van der Waals surface area (Å²) in [5.74, 6) is 0.919. The molecule has 2 aliphatic heterocycles. The number of methoxy groups -OCH3 is 2. The van der Waals surface area contributed by atoms with Crippen molar-refractivity contribution >= 4 is 45.9 Å². The fraction of sp³-hybridized carbons (Fsp3) is 0.308. The minimum Gasteiger partial charge on any atom is -0.489 e. The third-order valence-electron chi connectivity index (χ3n) is 6.97. The zero-order valence-electron chi connectivity index (χ0n) is 20.8. The van der Waals surface area contributed by atoms with Gasteiger partial charge in [-0.25, -0.2) is 19.6 Å². The normalized spacial score (nSPS) is 17.9. The number of rotatable bonds is 6. The van der Waals surface area contributed by atoms with Gasteiger partial charge in [0.1, 0.15) is 35.7 Å². The molecular weight excluding hydrogens is 492 g/mol. The van der Waals surface area contributed by atoms with Gasteiger partial charge in [-0.15, -0.1) is 0 Å². The molecular formula is C26H26N6O6. The Bertz CT molecular complexity index is 1520. The lowest BCUT2D eigenvalue weighted by Crippen LogP contribution is -2.23. The van der Waals surface area contributed by atoms with Crippen LogP contribution in [0.1, 0.15) is 45.6 Å². The minimum atomic E-state index is -0.459. The van der Waals surface area contributed by atoms with Crippen LogP contribution in [0.25, 0.3) is 22.1 Å². The van der Waals surface area contributed by atoms with E-state index in [9.17, 15) is 9.59 Å². The summed E-state index contributed by atoms with van der Waals surface area (Å²) in [5, 5.41) is 0. The number of hydrogen-bond acceptors (Lipinski definition) is 10. The van der Waals surface area contributed by atoms with Crippen molar-refractivity contribution in [2.75, 3.05) is 38.9 Å². The second-order valence-corrected chi connectivity index (χ2v) is 9.22. The molecule has 4 N–H and O–H groups in total. The van der Waals surface area contributed by atoms with E-state index >= 15 is 0 Å². The second kappa shape index (κ2) is 8.98. The molecule has 0 radical (unpaired) electrons. The molecule has 196 valence electrons. The van der Waals surface area contributed by atoms with E-state index in [2.05, 4.69) is 22.1 Å². The van der Waals surface area contributed by atoms with Crippen molar-refractivity contribution in [1.29, 1.82) is 0 Å². The van der Waals surface area contributed by atoms with Crippen molar-refractivity contribution in [2.45, 2.75) is 24.9 Å². The molecule has 2 aromatic heterocycles. The maximum Gasteiger partial charge on any atom is 0.338 e. The number of benzene rings is 2. The smallest absolute Gasteiger partial charge is 0.338 e. The van der Waals surface area contributed by atoms with Gasteiger partial charge in [-0.2, -0.15) is 0 Å². The van der Waals surface area contributed by atoms with Crippen molar-refractivity contribution in [1.82, 2.24) is 19.1 Å². The zero-order chi connectivity index (χ0) is 26.6. The fourth-order valence-electron chi connectivity index (χ4n) is 5.23. The van der Waals surface area contributed by atoms with Crippen LogP contribution >= 0.6 is 0 Å². The predicted octanol–water partition coefficient (Wildman–Crippen LogP) is 3.03. The summed E-state index contributed by atoms with van der Waals surface area (Å²) in [4.78, 5) is 32.9. The average Bonchev–Trinajstić information content (AvgIpc) is 3.45.